The normalized spacial score (nSPS) is 11.6. The fraction of sp³-hybridized carbons (Fsp3) is 0.235. The van der Waals surface area contributed by atoms with Crippen LogP contribution in [-0.2, 0) is 19.3 Å². The lowest BCUT2D eigenvalue weighted by atomic mass is 10.1. The highest BCUT2D eigenvalue weighted by molar-refractivity contribution is 9.10. The summed E-state index contributed by atoms with van der Waals surface area (Å²) in [5.74, 6) is -0.410. The van der Waals surface area contributed by atoms with E-state index in [-0.39, 0.29) is 12.2 Å². The van der Waals surface area contributed by atoms with Crippen LogP contribution in [0.15, 0.2) is 47.3 Å². The average Bonchev–Trinajstić information content (AvgIpc) is 3.20. The summed E-state index contributed by atoms with van der Waals surface area (Å²) in [6.45, 7) is 2.67. The van der Waals surface area contributed by atoms with Crippen LogP contribution in [0.4, 0.5) is 18.9 Å². The van der Waals surface area contributed by atoms with E-state index < -0.39 is 17.6 Å². The molecule has 1 aromatic carbocycles. The molecule has 0 atom stereocenters. The van der Waals surface area contributed by atoms with Crippen LogP contribution in [0.3, 0.4) is 0 Å². The van der Waals surface area contributed by atoms with Gasteiger partial charge >= 0.3 is 6.18 Å². The Morgan fingerprint density at radius 2 is 2.04 bits per heavy atom. The molecule has 0 unspecified atom stereocenters. The second-order valence-corrected chi connectivity index (χ2v) is 6.61. The van der Waals surface area contributed by atoms with Crippen molar-refractivity contribution in [3.63, 3.8) is 0 Å². The van der Waals surface area contributed by atoms with Crippen LogP contribution in [0.2, 0.25) is 0 Å². The van der Waals surface area contributed by atoms with Gasteiger partial charge < -0.3 is 5.32 Å². The van der Waals surface area contributed by atoms with Crippen molar-refractivity contribution in [1.29, 1.82) is 0 Å². The van der Waals surface area contributed by atoms with Gasteiger partial charge in [0.05, 0.1) is 28.5 Å². The minimum Gasteiger partial charge on any atom is -0.318 e. The fourth-order valence-electron chi connectivity index (χ4n) is 2.45. The molecular formula is C17H15BrF3N5O. The third-order valence-electron chi connectivity index (χ3n) is 3.75. The molecule has 1 amide bonds. The molecule has 3 rings (SSSR count). The zero-order chi connectivity index (χ0) is 19.6. The molecule has 1 N–H and O–H groups in total. The summed E-state index contributed by atoms with van der Waals surface area (Å²) < 4.78 is 42.0. The van der Waals surface area contributed by atoms with Gasteiger partial charge in [-0.15, -0.1) is 0 Å². The first-order valence-corrected chi connectivity index (χ1v) is 8.78. The summed E-state index contributed by atoms with van der Waals surface area (Å²) in [4.78, 5) is 12.3. The molecule has 142 valence electrons. The molecule has 2 aromatic heterocycles. The van der Waals surface area contributed by atoms with Crippen molar-refractivity contribution in [3.05, 3.63) is 64.1 Å². The summed E-state index contributed by atoms with van der Waals surface area (Å²) in [6.07, 6.45) is 0.277. The van der Waals surface area contributed by atoms with E-state index in [0.29, 0.717) is 22.3 Å². The number of anilines is 1. The van der Waals surface area contributed by atoms with Gasteiger partial charge in [-0.3, -0.25) is 14.2 Å². The first-order chi connectivity index (χ1) is 12.8. The Morgan fingerprint density at radius 3 is 2.70 bits per heavy atom. The largest absolute Gasteiger partial charge is 0.416 e. The van der Waals surface area contributed by atoms with Gasteiger partial charge in [-0.1, -0.05) is 12.1 Å². The first-order valence-electron chi connectivity index (χ1n) is 7.99. The Morgan fingerprint density at radius 1 is 1.26 bits per heavy atom. The number of halogens is 4. The lowest BCUT2D eigenvalue weighted by Crippen LogP contribution is -2.13. The number of benzene rings is 1. The van der Waals surface area contributed by atoms with Gasteiger partial charge in [0.25, 0.3) is 5.91 Å². The molecule has 2 heterocycles. The highest BCUT2D eigenvalue weighted by Crippen LogP contribution is 2.29. The molecule has 0 radical (unpaired) electrons. The van der Waals surface area contributed by atoms with Crippen molar-refractivity contribution in [3.8, 4) is 0 Å². The van der Waals surface area contributed by atoms with Crippen LogP contribution in [0, 0.1) is 0 Å². The average molecular weight is 442 g/mol. The monoisotopic (exact) mass is 441 g/mol. The molecule has 6 nitrogen and oxygen atoms in total. The summed E-state index contributed by atoms with van der Waals surface area (Å²) in [6, 6.07) is 5.04. The van der Waals surface area contributed by atoms with E-state index >= 15 is 0 Å². The highest BCUT2D eigenvalue weighted by Gasteiger charge is 2.30. The number of aryl methyl sites for hydroxylation is 1. The van der Waals surface area contributed by atoms with Gasteiger partial charge in [0, 0.05) is 18.9 Å². The first kappa shape index (κ1) is 19.2. The molecule has 0 fully saturated rings. The topological polar surface area (TPSA) is 64.7 Å². The van der Waals surface area contributed by atoms with E-state index in [0.717, 1.165) is 12.1 Å². The molecule has 0 aliphatic carbocycles. The number of hydrogen-bond acceptors (Lipinski definition) is 3. The number of amides is 1. The lowest BCUT2D eigenvalue weighted by Gasteiger charge is -2.08. The quantitative estimate of drug-likeness (QED) is 0.645. The molecule has 27 heavy (non-hydrogen) atoms. The van der Waals surface area contributed by atoms with E-state index in [1.165, 1.54) is 16.9 Å². The van der Waals surface area contributed by atoms with Crippen LogP contribution in [0.25, 0.3) is 0 Å². The van der Waals surface area contributed by atoms with Crippen LogP contribution < -0.4 is 5.32 Å². The van der Waals surface area contributed by atoms with E-state index in [1.54, 1.807) is 23.1 Å². The number of carbonyl (C=O) groups is 1. The SMILES string of the molecule is CCn1cc(Br)c(C(=O)Nc2cnn(Cc3cccc(C(F)(F)F)c3)c2)n1. The summed E-state index contributed by atoms with van der Waals surface area (Å²) in [5.41, 5.74) is 0.402. The second kappa shape index (κ2) is 7.55. The standard InChI is InChI=1S/C17H15BrF3N5O/c1-2-25-10-14(18)15(24-25)16(27)23-13-7-22-26(9-13)8-11-4-3-5-12(6-11)17(19,20)21/h3-7,9-10H,2,8H2,1H3,(H,23,27). The Labute approximate surface area is 161 Å². The van der Waals surface area contributed by atoms with Crippen LogP contribution in [0.1, 0.15) is 28.5 Å². The van der Waals surface area contributed by atoms with Gasteiger partial charge in [-0.2, -0.15) is 23.4 Å². The maximum absolute atomic E-state index is 12.8. The van der Waals surface area contributed by atoms with Crippen molar-refractivity contribution in [2.24, 2.45) is 0 Å². The highest BCUT2D eigenvalue weighted by atomic mass is 79.9. The van der Waals surface area contributed by atoms with Gasteiger partial charge in [0.1, 0.15) is 0 Å². The number of hydrogen-bond donors (Lipinski definition) is 1. The number of rotatable bonds is 5. The summed E-state index contributed by atoms with van der Waals surface area (Å²) >= 11 is 3.29. The van der Waals surface area contributed by atoms with E-state index in [4.69, 9.17) is 0 Å². The van der Waals surface area contributed by atoms with Crippen LogP contribution in [0.5, 0.6) is 0 Å². The van der Waals surface area contributed by atoms with Gasteiger partial charge in [-0.05, 0) is 40.5 Å². The number of carbonyl (C=O) groups excluding carboxylic acids is 1. The molecule has 3 aromatic rings. The molecule has 0 saturated heterocycles. The molecule has 0 saturated carbocycles. The Balaban J connectivity index is 1.70. The lowest BCUT2D eigenvalue weighted by molar-refractivity contribution is -0.137. The summed E-state index contributed by atoms with van der Waals surface area (Å²) in [7, 11) is 0. The maximum Gasteiger partial charge on any atom is 0.416 e. The van der Waals surface area contributed by atoms with E-state index in [9.17, 15) is 18.0 Å². The van der Waals surface area contributed by atoms with Crippen molar-refractivity contribution >= 4 is 27.5 Å². The Bertz CT molecular complexity index is 964. The van der Waals surface area contributed by atoms with Crippen molar-refractivity contribution in [2.75, 3.05) is 5.32 Å². The van der Waals surface area contributed by atoms with Gasteiger partial charge in [0.15, 0.2) is 5.69 Å². The van der Waals surface area contributed by atoms with Crippen molar-refractivity contribution < 1.29 is 18.0 Å². The molecule has 0 spiro atoms. The predicted octanol–water partition coefficient (Wildman–Crippen LogP) is 4.18. The Kier molecular flexibility index (Phi) is 5.36. The molecule has 10 heteroatoms. The van der Waals surface area contributed by atoms with Gasteiger partial charge in [-0.25, -0.2) is 0 Å². The molecule has 0 bridgehead atoms. The zero-order valence-corrected chi connectivity index (χ0v) is 15.8. The van der Waals surface area contributed by atoms with Gasteiger partial charge in [0.2, 0.25) is 0 Å². The van der Waals surface area contributed by atoms with Crippen molar-refractivity contribution in [1.82, 2.24) is 19.6 Å². The molecular weight excluding hydrogens is 427 g/mol. The van der Waals surface area contributed by atoms with Crippen LogP contribution in [-0.4, -0.2) is 25.5 Å². The minimum absolute atomic E-state index is 0.147. The van der Waals surface area contributed by atoms with E-state index in [2.05, 4.69) is 31.4 Å². The zero-order valence-electron chi connectivity index (χ0n) is 14.2. The summed E-state index contributed by atoms with van der Waals surface area (Å²) in [5, 5.41) is 10.9. The smallest absolute Gasteiger partial charge is 0.318 e. The number of nitrogens with zero attached hydrogens (tertiary/aromatic N) is 4. The fourth-order valence-corrected chi connectivity index (χ4v) is 2.95. The maximum atomic E-state index is 12.8. The number of alkyl halides is 3. The van der Waals surface area contributed by atoms with Crippen LogP contribution >= 0.6 is 15.9 Å². The Hall–Kier alpha value is -2.62. The van der Waals surface area contributed by atoms with Crippen molar-refractivity contribution in [2.45, 2.75) is 26.2 Å². The third-order valence-corrected chi connectivity index (χ3v) is 4.33. The minimum atomic E-state index is -4.39. The molecule has 0 aliphatic heterocycles. The number of aromatic nitrogens is 4. The number of nitrogens with one attached hydrogen (secondary N) is 1. The molecule has 0 aliphatic rings. The predicted molar refractivity (Wildman–Crippen MR) is 96.3 cm³/mol. The third kappa shape index (κ3) is 4.57. The second-order valence-electron chi connectivity index (χ2n) is 5.76. The van der Waals surface area contributed by atoms with E-state index in [1.807, 2.05) is 6.92 Å².